The summed E-state index contributed by atoms with van der Waals surface area (Å²) < 4.78 is 0. The van der Waals surface area contributed by atoms with Crippen molar-refractivity contribution in [3.63, 3.8) is 0 Å². The smallest absolute Gasteiger partial charge is 0.0349 e. The Labute approximate surface area is 80.3 Å². The number of rotatable bonds is 4. The highest BCUT2D eigenvalue weighted by atomic mass is 14.6. The zero-order valence-electron chi connectivity index (χ0n) is 8.16. The molecule has 1 nitrogen and oxygen atoms in total. The molecule has 1 rings (SSSR count). The molecule has 0 saturated carbocycles. The predicted octanol–water partition coefficient (Wildman–Crippen LogP) is 3.34. The van der Waals surface area contributed by atoms with Gasteiger partial charge in [-0.05, 0) is 30.4 Å². The van der Waals surface area contributed by atoms with Crippen LogP contribution in [-0.2, 0) is 0 Å². The Bertz CT molecular complexity index is 278. The highest BCUT2D eigenvalue weighted by Gasteiger charge is 2.06. The van der Waals surface area contributed by atoms with Crippen LogP contribution in [0, 0.1) is 0 Å². The van der Waals surface area contributed by atoms with E-state index in [9.17, 15) is 0 Å². The number of anilines is 1. The first-order valence-corrected chi connectivity index (χ1v) is 4.71. The Balaban J connectivity index is 2.70. The summed E-state index contributed by atoms with van der Waals surface area (Å²) in [6.45, 7) is 5.92. The zero-order valence-corrected chi connectivity index (χ0v) is 8.16. The van der Waals surface area contributed by atoms with E-state index in [-0.39, 0.29) is 0 Å². The van der Waals surface area contributed by atoms with Crippen LogP contribution in [0.5, 0.6) is 0 Å². The number of allylic oxidation sites excluding steroid dienone is 1. The molecule has 0 heterocycles. The van der Waals surface area contributed by atoms with Crippen LogP contribution in [0.3, 0.4) is 0 Å². The van der Waals surface area contributed by atoms with Crippen molar-refractivity contribution in [1.82, 2.24) is 0 Å². The topological polar surface area (TPSA) is 26.0 Å². The van der Waals surface area contributed by atoms with Crippen molar-refractivity contribution in [2.24, 2.45) is 0 Å². The minimum atomic E-state index is 0.527. The van der Waals surface area contributed by atoms with Gasteiger partial charge in [0.1, 0.15) is 0 Å². The van der Waals surface area contributed by atoms with Gasteiger partial charge in [0.15, 0.2) is 0 Å². The Morgan fingerprint density at radius 3 is 2.77 bits per heavy atom. The number of hydrogen-bond donors (Lipinski definition) is 1. The molecule has 0 radical (unpaired) electrons. The van der Waals surface area contributed by atoms with Gasteiger partial charge in [0.05, 0.1) is 0 Å². The highest BCUT2D eigenvalue weighted by Crippen LogP contribution is 2.25. The number of nitrogen functional groups attached to an aromatic ring is 1. The first-order valence-electron chi connectivity index (χ1n) is 4.71. The van der Waals surface area contributed by atoms with E-state index >= 15 is 0 Å². The van der Waals surface area contributed by atoms with Gasteiger partial charge in [-0.25, -0.2) is 0 Å². The van der Waals surface area contributed by atoms with Gasteiger partial charge in [0.2, 0.25) is 0 Å². The molecule has 0 spiro atoms. The lowest BCUT2D eigenvalue weighted by Gasteiger charge is -2.12. The summed E-state index contributed by atoms with van der Waals surface area (Å²) in [6.07, 6.45) is 4.13. The second-order valence-corrected chi connectivity index (χ2v) is 3.40. The quantitative estimate of drug-likeness (QED) is 0.551. The molecule has 0 amide bonds. The molecule has 0 saturated heterocycles. The molecule has 13 heavy (non-hydrogen) atoms. The van der Waals surface area contributed by atoms with Crippen LogP contribution in [0.2, 0.25) is 0 Å². The molecule has 1 heteroatoms. The number of benzene rings is 1. The molecule has 1 aromatic carbocycles. The van der Waals surface area contributed by atoms with Crippen molar-refractivity contribution in [3.05, 3.63) is 42.5 Å². The van der Waals surface area contributed by atoms with Gasteiger partial charge in [-0.2, -0.15) is 0 Å². The van der Waals surface area contributed by atoms with Crippen molar-refractivity contribution < 1.29 is 0 Å². The van der Waals surface area contributed by atoms with Crippen LogP contribution in [0.15, 0.2) is 36.9 Å². The third kappa shape index (κ3) is 2.62. The summed E-state index contributed by atoms with van der Waals surface area (Å²) in [5.41, 5.74) is 8.02. The largest absolute Gasteiger partial charge is 0.398 e. The van der Waals surface area contributed by atoms with Gasteiger partial charge in [0.25, 0.3) is 0 Å². The summed E-state index contributed by atoms with van der Waals surface area (Å²) in [7, 11) is 0. The Morgan fingerprint density at radius 2 is 2.15 bits per heavy atom. The van der Waals surface area contributed by atoms with Crippen LogP contribution in [0.1, 0.15) is 31.2 Å². The van der Waals surface area contributed by atoms with Gasteiger partial charge in [-0.3, -0.25) is 0 Å². The lowest BCUT2D eigenvalue weighted by molar-refractivity contribution is 0.693. The Hall–Kier alpha value is -1.24. The van der Waals surface area contributed by atoms with E-state index in [0.29, 0.717) is 5.92 Å². The molecule has 1 unspecified atom stereocenters. The van der Waals surface area contributed by atoms with Crippen LogP contribution in [0.25, 0.3) is 0 Å². The molecule has 0 aliphatic carbocycles. The van der Waals surface area contributed by atoms with Crippen molar-refractivity contribution >= 4 is 5.69 Å². The predicted molar refractivity (Wildman–Crippen MR) is 58.7 cm³/mol. The summed E-state index contributed by atoms with van der Waals surface area (Å²) in [6, 6.07) is 8.07. The van der Waals surface area contributed by atoms with Crippen molar-refractivity contribution in [2.45, 2.75) is 25.7 Å². The summed E-state index contributed by atoms with van der Waals surface area (Å²) in [5.74, 6) is 0.527. The lowest BCUT2D eigenvalue weighted by Crippen LogP contribution is -1.98. The van der Waals surface area contributed by atoms with Gasteiger partial charge in [-0.15, -0.1) is 6.58 Å². The van der Waals surface area contributed by atoms with Crippen LogP contribution >= 0.6 is 0 Å². The first kappa shape index (κ1) is 9.85. The summed E-state index contributed by atoms with van der Waals surface area (Å²) >= 11 is 0. The van der Waals surface area contributed by atoms with Crippen molar-refractivity contribution in [1.29, 1.82) is 0 Å². The summed E-state index contributed by atoms with van der Waals surface area (Å²) in [5, 5.41) is 0. The molecule has 0 aliphatic rings. The second kappa shape index (κ2) is 4.70. The molecule has 0 aromatic heterocycles. The Morgan fingerprint density at radius 1 is 1.46 bits per heavy atom. The molecule has 1 aromatic rings. The van der Waals surface area contributed by atoms with Gasteiger partial charge < -0.3 is 5.73 Å². The standard InChI is InChI=1S/C12H17N/c1-3-4-7-10(2)11-8-5-6-9-12(11)13/h3,5-6,8-10H,1,4,7,13H2,2H3. The SMILES string of the molecule is C=CCCC(C)c1ccccc1N. The molecule has 70 valence electrons. The van der Waals surface area contributed by atoms with E-state index < -0.39 is 0 Å². The maximum absolute atomic E-state index is 5.87. The van der Waals surface area contributed by atoms with Crippen LogP contribution in [-0.4, -0.2) is 0 Å². The minimum absolute atomic E-state index is 0.527. The average Bonchev–Trinajstić information content (AvgIpc) is 2.15. The van der Waals surface area contributed by atoms with Crippen LogP contribution in [0.4, 0.5) is 5.69 Å². The zero-order chi connectivity index (χ0) is 9.68. The fourth-order valence-electron chi connectivity index (χ4n) is 1.48. The molecular weight excluding hydrogens is 158 g/mol. The van der Waals surface area contributed by atoms with E-state index in [4.69, 9.17) is 5.73 Å². The number of nitrogens with two attached hydrogens (primary N) is 1. The second-order valence-electron chi connectivity index (χ2n) is 3.40. The molecule has 0 bridgehead atoms. The van der Waals surface area contributed by atoms with E-state index in [0.717, 1.165) is 18.5 Å². The number of para-hydroxylation sites is 1. The van der Waals surface area contributed by atoms with E-state index in [1.807, 2.05) is 24.3 Å². The first-order chi connectivity index (χ1) is 6.25. The molecule has 0 fully saturated rings. The van der Waals surface area contributed by atoms with E-state index in [1.54, 1.807) is 0 Å². The molecule has 0 aliphatic heterocycles. The monoisotopic (exact) mass is 175 g/mol. The maximum Gasteiger partial charge on any atom is 0.0349 e. The lowest BCUT2D eigenvalue weighted by atomic mass is 9.95. The molecule has 2 N–H and O–H groups in total. The highest BCUT2D eigenvalue weighted by molar-refractivity contribution is 5.48. The van der Waals surface area contributed by atoms with Crippen LogP contribution < -0.4 is 5.73 Å². The molecule has 1 atom stereocenters. The van der Waals surface area contributed by atoms with E-state index in [1.165, 1.54) is 5.56 Å². The fraction of sp³-hybridized carbons (Fsp3) is 0.333. The maximum atomic E-state index is 5.87. The fourth-order valence-corrected chi connectivity index (χ4v) is 1.48. The average molecular weight is 175 g/mol. The van der Waals surface area contributed by atoms with E-state index in [2.05, 4.69) is 19.6 Å². The van der Waals surface area contributed by atoms with Gasteiger partial charge in [-0.1, -0.05) is 31.2 Å². The van der Waals surface area contributed by atoms with Crippen molar-refractivity contribution in [2.75, 3.05) is 5.73 Å². The molecular formula is C12H17N. The third-order valence-corrected chi connectivity index (χ3v) is 2.33. The minimum Gasteiger partial charge on any atom is -0.398 e. The normalized spacial score (nSPS) is 12.4. The summed E-state index contributed by atoms with van der Waals surface area (Å²) in [4.78, 5) is 0. The van der Waals surface area contributed by atoms with Gasteiger partial charge >= 0.3 is 0 Å². The third-order valence-electron chi connectivity index (χ3n) is 2.33. The van der Waals surface area contributed by atoms with Gasteiger partial charge in [0, 0.05) is 5.69 Å². The van der Waals surface area contributed by atoms with Crippen molar-refractivity contribution in [3.8, 4) is 0 Å². The Kier molecular flexibility index (Phi) is 3.56. The number of hydrogen-bond acceptors (Lipinski definition) is 1.